The Bertz CT molecular complexity index is 550. The first-order chi connectivity index (χ1) is 8.31. The molecule has 0 amide bonds. The summed E-state index contributed by atoms with van der Waals surface area (Å²) in [6.45, 7) is 0.698. The Balaban J connectivity index is 2.19. The van der Waals surface area contributed by atoms with E-state index in [4.69, 9.17) is 4.74 Å². The van der Waals surface area contributed by atoms with Gasteiger partial charge in [0.1, 0.15) is 5.75 Å². The molecule has 1 aromatic heterocycles. The second-order valence-corrected chi connectivity index (χ2v) is 4.58. The molecular formula is C13H14BrNO2. The van der Waals surface area contributed by atoms with E-state index in [-0.39, 0.29) is 5.56 Å². The van der Waals surface area contributed by atoms with E-state index in [1.54, 1.807) is 6.07 Å². The van der Waals surface area contributed by atoms with Gasteiger partial charge in [0.05, 0.1) is 12.1 Å². The fourth-order valence-electron chi connectivity index (χ4n) is 1.66. The smallest absolute Gasteiger partial charge is 0.248 e. The largest absolute Gasteiger partial charge is 0.493 e. The molecule has 1 N–H and O–H groups in total. The molecule has 0 bridgehead atoms. The lowest BCUT2D eigenvalue weighted by atomic mass is 10.2. The number of unbranched alkanes of at least 4 members (excludes halogenated alkanes) is 1. The van der Waals surface area contributed by atoms with E-state index < -0.39 is 0 Å². The number of nitrogens with one attached hydrogen (secondary N) is 1. The predicted octanol–water partition coefficient (Wildman–Crippen LogP) is 3.08. The minimum Gasteiger partial charge on any atom is -0.493 e. The van der Waals surface area contributed by atoms with Crippen LogP contribution in [0.5, 0.6) is 5.75 Å². The van der Waals surface area contributed by atoms with Gasteiger partial charge < -0.3 is 9.72 Å². The van der Waals surface area contributed by atoms with Crippen molar-refractivity contribution < 1.29 is 4.74 Å². The standard InChI is InChI=1S/C13H14BrNO2/c14-8-1-2-9-17-12-5-3-4-11-10(12)6-7-13(16)15-11/h3-7H,1-2,8-9H2,(H,15,16). The minimum absolute atomic E-state index is 0.0889. The van der Waals surface area contributed by atoms with Crippen LogP contribution in [0, 0.1) is 0 Å². The van der Waals surface area contributed by atoms with Gasteiger partial charge in [-0.3, -0.25) is 4.79 Å². The molecule has 0 fully saturated rings. The zero-order valence-electron chi connectivity index (χ0n) is 9.41. The third kappa shape index (κ3) is 3.09. The Hall–Kier alpha value is -1.29. The number of hydrogen-bond donors (Lipinski definition) is 1. The molecule has 2 rings (SSSR count). The number of fused-ring (bicyclic) bond motifs is 1. The van der Waals surface area contributed by atoms with Crippen LogP contribution in [-0.4, -0.2) is 16.9 Å². The van der Waals surface area contributed by atoms with Crippen LogP contribution in [0.2, 0.25) is 0 Å². The quantitative estimate of drug-likeness (QED) is 0.680. The molecule has 4 heteroatoms. The second-order valence-electron chi connectivity index (χ2n) is 3.78. The van der Waals surface area contributed by atoms with Crippen LogP contribution in [0.1, 0.15) is 12.8 Å². The molecule has 17 heavy (non-hydrogen) atoms. The molecule has 0 saturated heterocycles. The number of alkyl halides is 1. The summed E-state index contributed by atoms with van der Waals surface area (Å²) in [6, 6.07) is 9.01. The maximum atomic E-state index is 11.2. The van der Waals surface area contributed by atoms with Crippen LogP contribution in [0.15, 0.2) is 35.1 Å². The van der Waals surface area contributed by atoms with Gasteiger partial charge >= 0.3 is 0 Å². The van der Waals surface area contributed by atoms with Crippen molar-refractivity contribution in [2.24, 2.45) is 0 Å². The number of hydrogen-bond acceptors (Lipinski definition) is 2. The number of aromatic amines is 1. The maximum Gasteiger partial charge on any atom is 0.248 e. The molecule has 1 aromatic carbocycles. The van der Waals surface area contributed by atoms with Gasteiger partial charge in [-0.25, -0.2) is 0 Å². The highest BCUT2D eigenvalue weighted by atomic mass is 79.9. The minimum atomic E-state index is -0.0889. The summed E-state index contributed by atoms with van der Waals surface area (Å²) in [5.41, 5.74) is 0.726. The topological polar surface area (TPSA) is 42.1 Å². The molecule has 0 atom stereocenters. The molecular weight excluding hydrogens is 282 g/mol. The van der Waals surface area contributed by atoms with Crippen LogP contribution in [0.4, 0.5) is 0 Å². The highest BCUT2D eigenvalue weighted by Crippen LogP contribution is 2.23. The summed E-state index contributed by atoms with van der Waals surface area (Å²) < 4.78 is 5.72. The summed E-state index contributed by atoms with van der Waals surface area (Å²) in [7, 11) is 0. The summed E-state index contributed by atoms with van der Waals surface area (Å²) >= 11 is 3.39. The highest BCUT2D eigenvalue weighted by molar-refractivity contribution is 9.09. The van der Waals surface area contributed by atoms with Gasteiger partial charge in [0.15, 0.2) is 0 Å². The third-order valence-electron chi connectivity index (χ3n) is 2.51. The summed E-state index contributed by atoms with van der Waals surface area (Å²) in [4.78, 5) is 14.0. The molecule has 0 aliphatic heterocycles. The van der Waals surface area contributed by atoms with Gasteiger partial charge in [-0.2, -0.15) is 0 Å². The number of halogens is 1. The van der Waals surface area contributed by atoms with Crippen molar-refractivity contribution in [1.29, 1.82) is 0 Å². The summed E-state index contributed by atoms with van der Waals surface area (Å²) in [6.07, 6.45) is 2.12. The van der Waals surface area contributed by atoms with Crippen molar-refractivity contribution >= 4 is 26.8 Å². The molecule has 90 valence electrons. The van der Waals surface area contributed by atoms with E-state index >= 15 is 0 Å². The molecule has 0 radical (unpaired) electrons. The predicted molar refractivity (Wildman–Crippen MR) is 73.1 cm³/mol. The average molecular weight is 296 g/mol. The average Bonchev–Trinajstić information content (AvgIpc) is 2.34. The molecule has 2 aromatic rings. The molecule has 0 saturated carbocycles. The normalized spacial score (nSPS) is 10.6. The Morgan fingerprint density at radius 1 is 1.18 bits per heavy atom. The zero-order valence-corrected chi connectivity index (χ0v) is 11.0. The fourth-order valence-corrected chi connectivity index (χ4v) is 2.06. The van der Waals surface area contributed by atoms with Gasteiger partial charge in [0.25, 0.3) is 0 Å². The van der Waals surface area contributed by atoms with Gasteiger partial charge in [-0.05, 0) is 31.0 Å². The van der Waals surface area contributed by atoms with Gasteiger partial charge in [0.2, 0.25) is 5.56 Å². The highest BCUT2D eigenvalue weighted by Gasteiger charge is 2.01. The van der Waals surface area contributed by atoms with E-state index in [0.717, 1.165) is 34.8 Å². The number of rotatable bonds is 5. The van der Waals surface area contributed by atoms with Gasteiger partial charge in [-0.1, -0.05) is 22.0 Å². The first kappa shape index (κ1) is 12.2. The van der Waals surface area contributed by atoms with Crippen LogP contribution in [-0.2, 0) is 0 Å². The molecule has 0 unspecified atom stereocenters. The Labute approximate surface area is 108 Å². The lowest BCUT2D eigenvalue weighted by molar-refractivity contribution is 0.313. The number of aromatic nitrogens is 1. The first-order valence-corrected chi connectivity index (χ1v) is 6.74. The SMILES string of the molecule is O=c1ccc2c(OCCCCBr)cccc2[nH]1. The number of H-pyrrole nitrogens is 1. The van der Waals surface area contributed by atoms with Crippen molar-refractivity contribution in [3.8, 4) is 5.75 Å². The molecule has 1 heterocycles. The number of pyridine rings is 1. The zero-order chi connectivity index (χ0) is 12.1. The number of ether oxygens (including phenoxy) is 1. The van der Waals surface area contributed by atoms with Crippen LogP contribution in [0.25, 0.3) is 10.9 Å². The van der Waals surface area contributed by atoms with Crippen molar-refractivity contribution in [3.05, 3.63) is 40.7 Å². The van der Waals surface area contributed by atoms with Gasteiger partial charge in [0, 0.05) is 16.8 Å². The summed E-state index contributed by atoms with van der Waals surface area (Å²) in [5.74, 6) is 0.827. The van der Waals surface area contributed by atoms with Crippen molar-refractivity contribution in [2.45, 2.75) is 12.8 Å². The Morgan fingerprint density at radius 2 is 2.06 bits per heavy atom. The third-order valence-corrected chi connectivity index (χ3v) is 3.07. The van der Waals surface area contributed by atoms with Crippen molar-refractivity contribution in [2.75, 3.05) is 11.9 Å². The van der Waals surface area contributed by atoms with E-state index in [2.05, 4.69) is 20.9 Å². The lowest BCUT2D eigenvalue weighted by Crippen LogP contribution is -2.04. The maximum absolute atomic E-state index is 11.2. The van der Waals surface area contributed by atoms with E-state index in [1.165, 1.54) is 6.07 Å². The first-order valence-electron chi connectivity index (χ1n) is 5.62. The second kappa shape index (κ2) is 5.87. The van der Waals surface area contributed by atoms with Crippen molar-refractivity contribution in [3.63, 3.8) is 0 Å². The van der Waals surface area contributed by atoms with Gasteiger partial charge in [-0.15, -0.1) is 0 Å². The molecule has 0 aliphatic carbocycles. The van der Waals surface area contributed by atoms with Crippen LogP contribution >= 0.6 is 15.9 Å². The van der Waals surface area contributed by atoms with E-state index in [1.807, 2.05) is 18.2 Å². The Kier molecular flexibility index (Phi) is 4.20. The monoisotopic (exact) mass is 295 g/mol. The fraction of sp³-hybridized carbons (Fsp3) is 0.308. The van der Waals surface area contributed by atoms with Crippen LogP contribution in [0.3, 0.4) is 0 Å². The van der Waals surface area contributed by atoms with E-state index in [0.29, 0.717) is 6.61 Å². The summed E-state index contributed by atoms with van der Waals surface area (Å²) in [5, 5.41) is 1.95. The Morgan fingerprint density at radius 3 is 2.88 bits per heavy atom. The molecule has 3 nitrogen and oxygen atoms in total. The van der Waals surface area contributed by atoms with Crippen LogP contribution < -0.4 is 10.3 Å². The van der Waals surface area contributed by atoms with E-state index in [9.17, 15) is 4.79 Å². The molecule has 0 spiro atoms. The lowest BCUT2D eigenvalue weighted by Gasteiger charge is -2.08. The van der Waals surface area contributed by atoms with Crippen molar-refractivity contribution in [1.82, 2.24) is 4.98 Å². The molecule has 0 aliphatic rings. The number of benzene rings is 1.